The first-order chi connectivity index (χ1) is 18.6. The Hall–Kier alpha value is -4.16. The summed E-state index contributed by atoms with van der Waals surface area (Å²) in [6, 6.07) is 8.42. The van der Waals surface area contributed by atoms with Gasteiger partial charge in [-0.3, -0.25) is 14.6 Å². The summed E-state index contributed by atoms with van der Waals surface area (Å²) in [5, 5.41) is 2.41. The number of piperidine rings is 1. The number of aliphatic imine (C=N–C) groups is 2. The molecule has 200 valence electrons. The second-order valence-electron chi connectivity index (χ2n) is 10.0. The maximum Gasteiger partial charge on any atom is 0.416 e. The Morgan fingerprint density at radius 2 is 1.92 bits per heavy atom. The van der Waals surface area contributed by atoms with Crippen LogP contribution in [-0.4, -0.2) is 50.9 Å². The zero-order chi connectivity index (χ0) is 27.4. The molecule has 5 heterocycles. The van der Waals surface area contributed by atoms with E-state index in [2.05, 4.69) is 15.3 Å². The van der Waals surface area contributed by atoms with Crippen LogP contribution in [0.1, 0.15) is 47.2 Å². The number of quaternary nitrogens is 1. The van der Waals surface area contributed by atoms with Gasteiger partial charge in [-0.25, -0.2) is 4.98 Å². The van der Waals surface area contributed by atoms with Gasteiger partial charge in [-0.05, 0) is 55.7 Å². The number of carbonyl (C=O) groups is 2. The molecule has 1 aromatic carbocycles. The van der Waals surface area contributed by atoms with Crippen molar-refractivity contribution in [3.63, 3.8) is 0 Å². The quantitative estimate of drug-likeness (QED) is 0.455. The number of amidine groups is 1. The number of halogens is 3. The topological polar surface area (TPSA) is 113 Å². The summed E-state index contributed by atoms with van der Waals surface area (Å²) < 4.78 is 38.8. The number of anilines is 1. The van der Waals surface area contributed by atoms with Gasteiger partial charge >= 0.3 is 6.18 Å². The van der Waals surface area contributed by atoms with Gasteiger partial charge in [-0.1, -0.05) is 0 Å². The number of nitrogens with zero attached hydrogens (tertiary/aromatic N) is 5. The van der Waals surface area contributed by atoms with E-state index in [1.165, 1.54) is 0 Å². The van der Waals surface area contributed by atoms with Crippen molar-refractivity contribution in [3.8, 4) is 0 Å². The van der Waals surface area contributed by atoms with Crippen molar-refractivity contribution in [2.24, 2.45) is 21.7 Å². The van der Waals surface area contributed by atoms with Crippen LogP contribution in [0.25, 0.3) is 0 Å². The fraction of sp³-hybridized carbons (Fsp3) is 0.296. The molecule has 2 saturated heterocycles. The fourth-order valence-electron chi connectivity index (χ4n) is 5.63. The molecular weight excluding hydrogens is 511 g/mol. The van der Waals surface area contributed by atoms with E-state index in [0.29, 0.717) is 30.4 Å². The molecule has 0 saturated carbocycles. The summed E-state index contributed by atoms with van der Waals surface area (Å²) >= 11 is 0. The number of allylic oxidation sites excluding steroid dienone is 1. The number of fused-ring (bicyclic) bond motifs is 2. The van der Waals surface area contributed by atoms with Crippen LogP contribution in [0.3, 0.4) is 0 Å². The second kappa shape index (κ2) is 9.24. The molecule has 4 aliphatic rings. The van der Waals surface area contributed by atoms with Gasteiger partial charge in [0, 0.05) is 36.7 Å². The number of hydrogen-bond acceptors (Lipinski definition) is 6. The number of carbonyl (C=O) groups excluding carboxylic acids is 2. The molecule has 9 nitrogen and oxygen atoms in total. The monoisotopic (exact) mass is 536 g/mol. The van der Waals surface area contributed by atoms with E-state index in [-0.39, 0.29) is 27.8 Å². The standard InChI is InChI=1S/C27H24F3N7O2/c28-27(29,30)19-9-10-33-22(13-19)34-26(39)17-3-1-16(2-4-17)25-35-24(21-14-32-11-12-37(21,25)31)18-5-6-20-7-8-23(38)36(20)15-18/h1-4,9-14,18,20H,5-8,15,31H2/p+1/t18-,20+,37?/m1/s1. The second-order valence-corrected chi connectivity index (χ2v) is 10.0. The van der Waals surface area contributed by atoms with Gasteiger partial charge < -0.3 is 10.2 Å². The number of pyridine rings is 1. The van der Waals surface area contributed by atoms with E-state index in [1.807, 2.05) is 4.90 Å². The van der Waals surface area contributed by atoms with Gasteiger partial charge in [0.05, 0.1) is 23.5 Å². The maximum absolute atomic E-state index is 13.0. The lowest BCUT2D eigenvalue weighted by molar-refractivity contribution is -0.750. The molecule has 0 spiro atoms. The summed E-state index contributed by atoms with van der Waals surface area (Å²) in [6.45, 7) is 0.597. The zero-order valence-corrected chi connectivity index (χ0v) is 20.7. The maximum atomic E-state index is 13.0. The third kappa shape index (κ3) is 4.45. The van der Waals surface area contributed by atoms with Crippen LogP contribution in [0.4, 0.5) is 19.0 Å². The minimum Gasteiger partial charge on any atom is -0.339 e. The number of rotatable bonds is 4. The summed E-state index contributed by atoms with van der Waals surface area (Å²) in [7, 11) is 0. The van der Waals surface area contributed by atoms with E-state index in [1.54, 1.807) is 42.9 Å². The Morgan fingerprint density at radius 3 is 2.69 bits per heavy atom. The third-order valence-corrected chi connectivity index (χ3v) is 7.66. The normalized spacial score (nSPS) is 26.0. The molecule has 12 heteroatoms. The average molecular weight is 537 g/mol. The molecule has 0 radical (unpaired) electrons. The van der Waals surface area contributed by atoms with Crippen molar-refractivity contribution in [2.75, 3.05) is 11.9 Å². The van der Waals surface area contributed by atoms with Crippen LogP contribution in [-0.2, 0) is 11.0 Å². The molecule has 39 heavy (non-hydrogen) atoms. The van der Waals surface area contributed by atoms with E-state index >= 15 is 0 Å². The van der Waals surface area contributed by atoms with Crippen LogP contribution in [0.2, 0.25) is 0 Å². The minimum atomic E-state index is -4.55. The van der Waals surface area contributed by atoms with Gasteiger partial charge in [0.2, 0.25) is 11.6 Å². The lowest BCUT2D eigenvalue weighted by Gasteiger charge is -2.35. The number of aromatic nitrogens is 1. The van der Waals surface area contributed by atoms with Crippen LogP contribution in [0.15, 0.2) is 76.4 Å². The number of nitrogens with two attached hydrogens (primary N) is 1. The van der Waals surface area contributed by atoms with Crippen molar-refractivity contribution >= 4 is 29.7 Å². The highest BCUT2D eigenvalue weighted by Crippen LogP contribution is 2.40. The van der Waals surface area contributed by atoms with Gasteiger partial charge in [-0.2, -0.15) is 24.0 Å². The highest BCUT2D eigenvalue weighted by Gasteiger charge is 2.48. The molecule has 0 aliphatic carbocycles. The first kappa shape index (κ1) is 25.1. The van der Waals surface area contributed by atoms with Crippen molar-refractivity contribution < 1.29 is 27.4 Å². The fourth-order valence-corrected chi connectivity index (χ4v) is 5.63. The van der Waals surface area contributed by atoms with Crippen molar-refractivity contribution in [2.45, 2.75) is 37.9 Å². The van der Waals surface area contributed by atoms with E-state index in [0.717, 1.165) is 49.0 Å². The highest BCUT2D eigenvalue weighted by atomic mass is 19.4. The first-order valence-electron chi connectivity index (χ1n) is 12.6. The van der Waals surface area contributed by atoms with Crippen LogP contribution in [0.5, 0.6) is 0 Å². The molecule has 2 fully saturated rings. The molecule has 0 bridgehead atoms. The SMILES string of the molecule is N[N+]12C=CN=CC1=C([C@@H]1CC[C@H]3CCC(=O)N3C1)N=C2c1ccc(C(=O)Nc2cc(C(F)(F)F)ccn2)cc1. The molecule has 6 rings (SSSR count). The van der Waals surface area contributed by atoms with E-state index in [4.69, 9.17) is 10.8 Å². The number of amides is 2. The Morgan fingerprint density at radius 1 is 1.13 bits per heavy atom. The first-order valence-corrected chi connectivity index (χ1v) is 12.6. The van der Waals surface area contributed by atoms with Gasteiger partial charge in [0.25, 0.3) is 11.7 Å². The van der Waals surface area contributed by atoms with Crippen LogP contribution in [0, 0.1) is 5.92 Å². The Labute approximate surface area is 221 Å². The number of alkyl halides is 3. The highest BCUT2D eigenvalue weighted by molar-refractivity contribution is 6.05. The van der Waals surface area contributed by atoms with Gasteiger partial charge in [0.1, 0.15) is 17.7 Å². The van der Waals surface area contributed by atoms with Crippen LogP contribution < -0.4 is 11.2 Å². The Balaban J connectivity index is 1.24. The minimum absolute atomic E-state index is 0.0276. The molecule has 1 unspecified atom stereocenters. The number of nitrogens with one attached hydrogen (secondary N) is 1. The van der Waals surface area contributed by atoms with Gasteiger partial charge in [-0.15, -0.1) is 4.59 Å². The van der Waals surface area contributed by atoms with Crippen LogP contribution >= 0.6 is 0 Å². The zero-order valence-electron chi connectivity index (χ0n) is 20.7. The predicted molar refractivity (Wildman–Crippen MR) is 137 cm³/mol. The van der Waals surface area contributed by atoms with Gasteiger partial charge in [0.15, 0.2) is 0 Å². The van der Waals surface area contributed by atoms with Crippen molar-refractivity contribution in [1.82, 2.24) is 9.88 Å². The molecular formula is C27H25F3N7O2+. The average Bonchev–Trinajstić information content (AvgIpc) is 3.45. The van der Waals surface area contributed by atoms with E-state index < -0.39 is 17.6 Å². The summed E-state index contributed by atoms with van der Waals surface area (Å²) in [5.41, 5.74) is 1.54. The summed E-state index contributed by atoms with van der Waals surface area (Å²) in [5.74, 6) is 6.78. The largest absolute Gasteiger partial charge is 0.416 e. The van der Waals surface area contributed by atoms with Crippen molar-refractivity contribution in [3.05, 3.63) is 83.1 Å². The molecule has 4 aliphatic heterocycles. The summed E-state index contributed by atoms with van der Waals surface area (Å²) in [4.78, 5) is 40.1. The third-order valence-electron chi connectivity index (χ3n) is 7.66. The number of hydrogen-bond donors (Lipinski definition) is 2. The lowest BCUT2D eigenvalue weighted by Crippen LogP contribution is -2.53. The lowest BCUT2D eigenvalue weighted by atomic mass is 9.90. The van der Waals surface area contributed by atoms with Crippen molar-refractivity contribution in [1.29, 1.82) is 0 Å². The predicted octanol–water partition coefficient (Wildman–Crippen LogP) is 3.97. The molecule has 3 atom stereocenters. The molecule has 1 aromatic heterocycles. The Kier molecular flexibility index (Phi) is 5.96. The molecule has 2 aromatic rings. The Bertz CT molecular complexity index is 1480. The smallest absolute Gasteiger partial charge is 0.339 e. The molecule has 3 N–H and O–H groups in total. The molecule has 2 amide bonds. The van der Waals surface area contributed by atoms with E-state index in [9.17, 15) is 22.8 Å². The number of benzene rings is 1. The summed E-state index contributed by atoms with van der Waals surface area (Å²) in [6.07, 6.45) is 4.78.